The Morgan fingerprint density at radius 3 is 2.59 bits per heavy atom. The standard InChI is InChI=1S/C16H20N4O2/c1-11-6-4-5-7-12(11)13(20(2)3)10-19-15-14(16(21)22)17-8-9-18-15/h4-9,13H,10H2,1-3H3,(H,18,19)(H,21,22)/t13-/m0/s1. The van der Waals surface area contributed by atoms with Gasteiger partial charge in [0.2, 0.25) is 0 Å². The first-order chi connectivity index (χ1) is 10.5. The van der Waals surface area contributed by atoms with Gasteiger partial charge in [0, 0.05) is 18.9 Å². The summed E-state index contributed by atoms with van der Waals surface area (Å²) in [5, 5.41) is 12.3. The Bertz CT molecular complexity index is 658. The van der Waals surface area contributed by atoms with Crippen LogP contribution in [0.4, 0.5) is 5.82 Å². The van der Waals surface area contributed by atoms with Crippen molar-refractivity contribution in [3.8, 4) is 0 Å². The van der Waals surface area contributed by atoms with Gasteiger partial charge in [-0.2, -0.15) is 0 Å². The van der Waals surface area contributed by atoms with Gasteiger partial charge in [-0.15, -0.1) is 0 Å². The lowest BCUT2D eigenvalue weighted by Crippen LogP contribution is -2.28. The number of aryl methyl sites for hydroxylation is 1. The Labute approximate surface area is 129 Å². The number of hydrogen-bond donors (Lipinski definition) is 2. The molecule has 1 atom stereocenters. The van der Waals surface area contributed by atoms with Crippen molar-refractivity contribution < 1.29 is 9.90 Å². The predicted molar refractivity (Wildman–Crippen MR) is 85.1 cm³/mol. The molecule has 0 saturated heterocycles. The van der Waals surface area contributed by atoms with Crippen molar-refractivity contribution in [2.24, 2.45) is 0 Å². The fraction of sp³-hybridized carbons (Fsp3) is 0.312. The van der Waals surface area contributed by atoms with Gasteiger partial charge in [0.25, 0.3) is 0 Å². The molecule has 116 valence electrons. The summed E-state index contributed by atoms with van der Waals surface area (Å²) in [6, 6.07) is 8.26. The highest BCUT2D eigenvalue weighted by Crippen LogP contribution is 2.22. The average Bonchev–Trinajstić information content (AvgIpc) is 2.49. The van der Waals surface area contributed by atoms with Gasteiger partial charge in [-0.05, 0) is 32.1 Å². The number of anilines is 1. The van der Waals surface area contributed by atoms with Gasteiger partial charge in [0.05, 0.1) is 6.04 Å². The molecular formula is C16H20N4O2. The van der Waals surface area contributed by atoms with E-state index in [0.717, 1.165) is 0 Å². The topological polar surface area (TPSA) is 78.3 Å². The van der Waals surface area contributed by atoms with Crippen LogP contribution in [0.3, 0.4) is 0 Å². The number of nitrogens with zero attached hydrogens (tertiary/aromatic N) is 3. The number of carboxylic acid groups (broad SMARTS) is 1. The van der Waals surface area contributed by atoms with Crippen LogP contribution in [0.2, 0.25) is 0 Å². The molecule has 6 nitrogen and oxygen atoms in total. The van der Waals surface area contributed by atoms with Crippen LogP contribution in [0.25, 0.3) is 0 Å². The molecule has 0 spiro atoms. The van der Waals surface area contributed by atoms with E-state index in [0.29, 0.717) is 6.54 Å². The van der Waals surface area contributed by atoms with Gasteiger partial charge in [0.1, 0.15) is 0 Å². The van der Waals surface area contributed by atoms with E-state index < -0.39 is 5.97 Å². The Balaban J connectivity index is 2.21. The van der Waals surface area contributed by atoms with Crippen molar-refractivity contribution in [3.05, 3.63) is 53.5 Å². The Hall–Kier alpha value is -2.47. The van der Waals surface area contributed by atoms with Crippen LogP contribution < -0.4 is 5.32 Å². The summed E-state index contributed by atoms with van der Waals surface area (Å²) in [7, 11) is 3.99. The van der Waals surface area contributed by atoms with E-state index in [1.165, 1.54) is 23.5 Å². The van der Waals surface area contributed by atoms with Crippen LogP contribution in [0, 0.1) is 6.92 Å². The molecule has 2 aromatic rings. The molecule has 1 aromatic carbocycles. The summed E-state index contributed by atoms with van der Waals surface area (Å²) in [6.45, 7) is 2.60. The molecule has 1 aromatic heterocycles. The van der Waals surface area contributed by atoms with Crippen molar-refractivity contribution in [1.82, 2.24) is 14.9 Å². The molecule has 0 radical (unpaired) electrons. The predicted octanol–water partition coefficient (Wildman–Crippen LogP) is 2.20. The maximum atomic E-state index is 11.2. The fourth-order valence-electron chi connectivity index (χ4n) is 2.35. The highest BCUT2D eigenvalue weighted by atomic mass is 16.4. The summed E-state index contributed by atoms with van der Waals surface area (Å²) in [5.41, 5.74) is 2.33. The van der Waals surface area contributed by atoms with E-state index in [-0.39, 0.29) is 17.6 Å². The number of rotatable bonds is 6. The van der Waals surface area contributed by atoms with Crippen molar-refractivity contribution >= 4 is 11.8 Å². The van der Waals surface area contributed by atoms with Gasteiger partial charge in [0.15, 0.2) is 11.5 Å². The zero-order chi connectivity index (χ0) is 16.1. The first-order valence-corrected chi connectivity index (χ1v) is 7.01. The molecule has 0 amide bonds. The number of carbonyl (C=O) groups is 1. The van der Waals surface area contributed by atoms with Gasteiger partial charge in [-0.1, -0.05) is 24.3 Å². The van der Waals surface area contributed by atoms with Crippen molar-refractivity contribution in [3.63, 3.8) is 0 Å². The van der Waals surface area contributed by atoms with Crippen molar-refractivity contribution in [2.75, 3.05) is 26.0 Å². The molecule has 0 aliphatic rings. The maximum absolute atomic E-state index is 11.2. The molecule has 0 unspecified atom stereocenters. The monoisotopic (exact) mass is 300 g/mol. The number of likely N-dealkylation sites (N-methyl/N-ethyl adjacent to an activating group) is 1. The lowest BCUT2D eigenvalue weighted by molar-refractivity contribution is 0.0691. The van der Waals surface area contributed by atoms with Gasteiger partial charge in [-0.25, -0.2) is 14.8 Å². The Morgan fingerprint density at radius 2 is 1.95 bits per heavy atom. The van der Waals surface area contributed by atoms with Crippen LogP contribution >= 0.6 is 0 Å². The normalized spacial score (nSPS) is 12.2. The third kappa shape index (κ3) is 3.59. The first-order valence-electron chi connectivity index (χ1n) is 7.01. The number of hydrogen-bond acceptors (Lipinski definition) is 5. The molecule has 0 saturated carbocycles. The molecule has 1 heterocycles. The second-order valence-electron chi connectivity index (χ2n) is 5.28. The van der Waals surface area contributed by atoms with Crippen molar-refractivity contribution in [1.29, 1.82) is 0 Å². The second-order valence-corrected chi connectivity index (χ2v) is 5.28. The minimum atomic E-state index is -1.09. The largest absolute Gasteiger partial charge is 0.476 e. The third-order valence-corrected chi connectivity index (χ3v) is 3.53. The molecule has 2 N–H and O–H groups in total. The third-order valence-electron chi connectivity index (χ3n) is 3.53. The van der Waals surface area contributed by atoms with Crippen molar-refractivity contribution in [2.45, 2.75) is 13.0 Å². The van der Waals surface area contributed by atoms with Gasteiger partial charge < -0.3 is 15.3 Å². The first kappa shape index (κ1) is 15.9. The molecule has 6 heteroatoms. The lowest BCUT2D eigenvalue weighted by atomic mass is 10.0. The van der Waals surface area contributed by atoms with Gasteiger partial charge in [-0.3, -0.25) is 0 Å². The molecule has 0 bridgehead atoms. The number of aromatic carboxylic acids is 1. The van der Waals surface area contributed by atoms with E-state index in [1.807, 2.05) is 26.2 Å². The van der Waals surface area contributed by atoms with Crippen LogP contribution in [0.1, 0.15) is 27.7 Å². The van der Waals surface area contributed by atoms with E-state index in [2.05, 4.69) is 39.2 Å². The van der Waals surface area contributed by atoms with E-state index in [4.69, 9.17) is 5.11 Å². The second kappa shape index (κ2) is 7.00. The minimum absolute atomic E-state index is 0.0650. The maximum Gasteiger partial charge on any atom is 0.358 e. The zero-order valence-corrected chi connectivity index (χ0v) is 12.9. The summed E-state index contributed by atoms with van der Waals surface area (Å²) < 4.78 is 0. The van der Waals surface area contributed by atoms with Crippen LogP contribution in [-0.4, -0.2) is 46.6 Å². The smallest absolute Gasteiger partial charge is 0.358 e. The van der Waals surface area contributed by atoms with E-state index in [1.54, 1.807) is 0 Å². The van der Waals surface area contributed by atoms with Crippen LogP contribution in [-0.2, 0) is 0 Å². The van der Waals surface area contributed by atoms with E-state index in [9.17, 15) is 4.79 Å². The quantitative estimate of drug-likeness (QED) is 0.851. The Kier molecular flexibility index (Phi) is 5.06. The SMILES string of the molecule is Cc1ccccc1[C@H](CNc1nccnc1C(=O)O)N(C)C. The zero-order valence-electron chi connectivity index (χ0n) is 12.9. The highest BCUT2D eigenvalue weighted by Gasteiger charge is 2.18. The number of aromatic nitrogens is 2. The molecule has 22 heavy (non-hydrogen) atoms. The minimum Gasteiger partial charge on any atom is -0.476 e. The number of benzene rings is 1. The molecule has 0 fully saturated rings. The molecule has 0 aliphatic carbocycles. The fourth-order valence-corrected chi connectivity index (χ4v) is 2.35. The average molecular weight is 300 g/mol. The Morgan fingerprint density at radius 1 is 1.27 bits per heavy atom. The molecular weight excluding hydrogens is 280 g/mol. The molecule has 2 rings (SSSR count). The van der Waals surface area contributed by atoms with Crippen LogP contribution in [0.15, 0.2) is 36.7 Å². The summed E-state index contributed by atoms with van der Waals surface area (Å²) in [5.74, 6) is -0.802. The summed E-state index contributed by atoms with van der Waals surface area (Å²) >= 11 is 0. The number of nitrogens with one attached hydrogen (secondary N) is 1. The van der Waals surface area contributed by atoms with E-state index >= 15 is 0 Å². The van der Waals surface area contributed by atoms with Gasteiger partial charge >= 0.3 is 5.97 Å². The highest BCUT2D eigenvalue weighted by molar-refractivity contribution is 5.90. The number of carboxylic acids is 1. The van der Waals surface area contributed by atoms with Crippen LogP contribution in [0.5, 0.6) is 0 Å². The lowest BCUT2D eigenvalue weighted by Gasteiger charge is -2.26. The summed E-state index contributed by atoms with van der Waals surface area (Å²) in [6.07, 6.45) is 2.85. The molecule has 0 aliphatic heterocycles. The summed E-state index contributed by atoms with van der Waals surface area (Å²) in [4.78, 5) is 21.2.